The van der Waals surface area contributed by atoms with E-state index in [0.717, 1.165) is 116 Å². The largest absolute Gasteiger partial charge is 0.506 e. The van der Waals surface area contributed by atoms with Crippen LogP contribution in [0.4, 0.5) is 18.9 Å². The van der Waals surface area contributed by atoms with Gasteiger partial charge in [0.2, 0.25) is 17.2 Å². The number of aryl methyl sites for hydroxylation is 2. The van der Waals surface area contributed by atoms with Crippen molar-refractivity contribution in [2.75, 3.05) is 6.54 Å². The Morgan fingerprint density at radius 2 is 1.33 bits per heavy atom. The molecule has 0 unspecified atom stereocenters. The maximum atomic E-state index is 14.2. The molecule has 1 N–H and O–H groups in total. The van der Waals surface area contributed by atoms with Crippen LogP contribution in [0.1, 0.15) is 56.2 Å². The van der Waals surface area contributed by atoms with E-state index in [9.17, 15) is 23.1 Å². The molecule has 0 saturated carbocycles. The number of Topliss-reactive ketones (excluding diaryl/α,β-unsaturated/α-hetero) is 1. The number of rotatable bonds is 10. The van der Waals surface area contributed by atoms with Crippen molar-refractivity contribution in [3.63, 3.8) is 0 Å². The third-order valence-electron chi connectivity index (χ3n) is 11.7. The minimum absolute atomic E-state index is 0.0251. The van der Waals surface area contributed by atoms with Gasteiger partial charge in [0.25, 0.3) is 0 Å². The van der Waals surface area contributed by atoms with Crippen LogP contribution in [0.15, 0.2) is 132 Å². The topological polar surface area (TPSA) is 45.2 Å². The molecule has 7 heteroatoms. The van der Waals surface area contributed by atoms with E-state index in [4.69, 9.17) is 0 Å². The fraction of sp³-hybridized carbons (Fsp3) is 0.200. The fourth-order valence-electron chi connectivity index (χ4n) is 8.69. The quantitative estimate of drug-likeness (QED) is 0.111. The monoisotopic (exact) mass is 759 g/mol. The summed E-state index contributed by atoms with van der Waals surface area (Å²) < 4.78 is 44.6. The van der Waals surface area contributed by atoms with Crippen molar-refractivity contribution in [1.82, 2.24) is 4.57 Å². The van der Waals surface area contributed by atoms with Crippen molar-refractivity contribution >= 4 is 55.7 Å². The molecule has 57 heavy (non-hydrogen) atoms. The van der Waals surface area contributed by atoms with Crippen LogP contribution in [-0.4, -0.2) is 32.3 Å². The smallest absolute Gasteiger partial charge is 0.416 e. The van der Waals surface area contributed by atoms with Crippen molar-refractivity contribution in [2.24, 2.45) is 0 Å². The molecule has 0 bridgehead atoms. The zero-order valence-electron chi connectivity index (χ0n) is 32.2. The summed E-state index contributed by atoms with van der Waals surface area (Å²) in [5.41, 5.74) is 8.93. The molecule has 1 aliphatic heterocycles. The predicted octanol–water partition coefficient (Wildman–Crippen LogP) is 12.2. The number of allylic oxidation sites excluding steroid dienone is 3. The predicted molar refractivity (Wildman–Crippen MR) is 225 cm³/mol. The third-order valence-corrected chi connectivity index (χ3v) is 11.7. The number of carbonyl (C=O) groups excluding carboxylic acids is 1. The van der Waals surface area contributed by atoms with Gasteiger partial charge in [-0.3, -0.25) is 4.79 Å². The van der Waals surface area contributed by atoms with Gasteiger partial charge in [-0.25, -0.2) is 0 Å². The average Bonchev–Trinajstić information content (AvgIpc) is 3.69. The molecule has 1 aliphatic carbocycles. The van der Waals surface area contributed by atoms with Gasteiger partial charge in [0.05, 0.1) is 27.7 Å². The second-order valence-electron chi connectivity index (χ2n) is 15.2. The second kappa shape index (κ2) is 14.1. The van der Waals surface area contributed by atoms with Gasteiger partial charge in [0.15, 0.2) is 0 Å². The molecule has 1 aromatic heterocycles. The first-order valence-corrected chi connectivity index (χ1v) is 19.8. The van der Waals surface area contributed by atoms with Crippen LogP contribution in [0.2, 0.25) is 0 Å². The first kappa shape index (κ1) is 36.4. The summed E-state index contributed by atoms with van der Waals surface area (Å²) in [6.07, 6.45) is 3.11. The lowest BCUT2D eigenvalue weighted by molar-refractivity contribution is -0.436. The number of nitrogens with zero attached hydrogens (tertiary/aromatic N) is 2. The first-order valence-electron chi connectivity index (χ1n) is 19.8. The zero-order chi connectivity index (χ0) is 39.6. The van der Waals surface area contributed by atoms with Crippen molar-refractivity contribution in [2.45, 2.75) is 59.2 Å². The van der Waals surface area contributed by atoms with E-state index in [0.29, 0.717) is 17.7 Å². The molecule has 6 aromatic carbocycles. The number of carbonyl (C=O) groups is 1. The summed E-state index contributed by atoms with van der Waals surface area (Å²) in [4.78, 5) is 14.2. The minimum Gasteiger partial charge on any atom is -0.506 e. The van der Waals surface area contributed by atoms with Gasteiger partial charge < -0.3 is 9.67 Å². The first-order chi connectivity index (χ1) is 27.6. The van der Waals surface area contributed by atoms with Crippen LogP contribution in [0.25, 0.3) is 60.8 Å². The lowest BCUT2D eigenvalue weighted by atomic mass is 9.85. The number of ketones is 1. The molecule has 0 atom stereocenters. The number of aromatic nitrogens is 1. The zero-order valence-corrected chi connectivity index (χ0v) is 32.2. The van der Waals surface area contributed by atoms with E-state index >= 15 is 0 Å². The Morgan fingerprint density at radius 3 is 2.00 bits per heavy atom. The molecule has 2 aliphatic rings. The van der Waals surface area contributed by atoms with E-state index in [1.807, 2.05) is 42.5 Å². The van der Waals surface area contributed by atoms with Crippen LogP contribution < -0.4 is 5.35 Å². The maximum absolute atomic E-state index is 14.2. The molecular weight excluding hydrogens is 718 g/mol. The van der Waals surface area contributed by atoms with E-state index in [1.54, 1.807) is 0 Å². The number of halogens is 3. The molecule has 0 fully saturated rings. The molecular formula is C50H42F3N2O2+. The fourth-order valence-corrected chi connectivity index (χ4v) is 8.69. The normalized spacial score (nSPS) is 15.4. The lowest BCUT2D eigenvalue weighted by Crippen LogP contribution is -2.26. The second-order valence-corrected chi connectivity index (χ2v) is 15.2. The Kier molecular flexibility index (Phi) is 8.99. The molecule has 4 nitrogen and oxygen atoms in total. The average molecular weight is 760 g/mol. The number of aliphatic hydroxyl groups excluding tert-OH is 1. The van der Waals surface area contributed by atoms with Crippen LogP contribution in [0.3, 0.4) is 0 Å². The number of unbranched alkanes of at least 4 members (excludes halogenated alkanes) is 2. The highest BCUT2D eigenvalue weighted by atomic mass is 19.4. The number of hydrogen-bond donors (Lipinski definition) is 1. The summed E-state index contributed by atoms with van der Waals surface area (Å²) >= 11 is 0. The highest BCUT2D eigenvalue weighted by molar-refractivity contribution is 6.29. The summed E-state index contributed by atoms with van der Waals surface area (Å²) in [6, 6.07) is 34.5. The Hall–Kier alpha value is -6.21. The van der Waals surface area contributed by atoms with Gasteiger partial charge in [-0.2, -0.15) is 17.7 Å². The standard InChI is InChI=1S/C50H41F3N2O2/c1-4-6-26-54-42-24-22-34(31-16-14-30(3)15-17-31)36-10-8-12-38(46(36)42)44(54)28-40-48(56)41(49(40)57)29-45-39-13-9-11-37-35(32-18-20-33(21-19-32)50(51,52)53)23-25-43(47(37)39)55(45)27-7-5-2/h8-25,28-29H,4-7,26-27H2,1-3H3/p+1. The number of aliphatic hydroxyl groups is 1. The molecule has 0 radical (unpaired) electrons. The van der Waals surface area contributed by atoms with E-state index in [1.165, 1.54) is 17.7 Å². The highest BCUT2D eigenvalue weighted by Gasteiger charge is 2.38. The number of alkyl halides is 3. The molecule has 2 heterocycles. The molecule has 284 valence electrons. The molecule has 0 saturated heterocycles. The summed E-state index contributed by atoms with van der Waals surface area (Å²) in [7, 11) is 0. The molecule has 9 rings (SSSR count). The summed E-state index contributed by atoms with van der Waals surface area (Å²) in [5, 5.41) is 17.6. The van der Waals surface area contributed by atoms with Gasteiger partial charge in [-0.05, 0) is 82.8 Å². The molecule has 7 aromatic rings. The van der Waals surface area contributed by atoms with Gasteiger partial charge in [-0.15, -0.1) is 0 Å². The Morgan fingerprint density at radius 1 is 0.702 bits per heavy atom. The third kappa shape index (κ3) is 5.99. The molecule has 0 spiro atoms. The SMILES string of the molecule is CCCCn1/c(=C\C2=C(O)C(=CC3=[N+](CCCC)c4ccc(-c5ccc(C)cc5)c5cccc3c45)C2=O)c2cccc3c(-c4ccc(C(F)(F)F)cc4)ccc1c32. The minimum atomic E-state index is -4.41. The van der Waals surface area contributed by atoms with E-state index < -0.39 is 11.7 Å². The van der Waals surface area contributed by atoms with Gasteiger partial charge in [0, 0.05) is 46.7 Å². The lowest BCUT2D eigenvalue weighted by Gasteiger charge is -2.18. The van der Waals surface area contributed by atoms with Crippen LogP contribution >= 0.6 is 0 Å². The Bertz CT molecular complexity index is 2930. The van der Waals surface area contributed by atoms with Crippen molar-refractivity contribution in [3.8, 4) is 22.3 Å². The highest BCUT2D eigenvalue weighted by Crippen LogP contribution is 2.42. The maximum Gasteiger partial charge on any atom is 0.416 e. The van der Waals surface area contributed by atoms with Crippen molar-refractivity contribution in [1.29, 1.82) is 0 Å². The van der Waals surface area contributed by atoms with Gasteiger partial charge in [-0.1, -0.05) is 105 Å². The van der Waals surface area contributed by atoms with Crippen molar-refractivity contribution < 1.29 is 27.6 Å². The van der Waals surface area contributed by atoms with E-state index in [-0.39, 0.29) is 17.1 Å². The summed E-state index contributed by atoms with van der Waals surface area (Å²) in [5.74, 6) is -0.238. The van der Waals surface area contributed by atoms with Gasteiger partial charge >= 0.3 is 6.18 Å². The van der Waals surface area contributed by atoms with Crippen LogP contribution in [0.5, 0.6) is 0 Å². The van der Waals surface area contributed by atoms with Crippen LogP contribution in [-0.2, 0) is 17.5 Å². The number of hydrogen-bond acceptors (Lipinski definition) is 2. The Balaban J connectivity index is 1.17. The van der Waals surface area contributed by atoms with E-state index in [2.05, 4.69) is 84.5 Å². The molecule has 0 amide bonds. The van der Waals surface area contributed by atoms with Crippen molar-refractivity contribution in [3.05, 3.63) is 154 Å². The summed E-state index contributed by atoms with van der Waals surface area (Å²) in [6.45, 7) is 7.87. The van der Waals surface area contributed by atoms with Gasteiger partial charge in [0.1, 0.15) is 12.3 Å². The Labute approximate surface area is 329 Å². The van der Waals surface area contributed by atoms with Crippen LogP contribution in [0, 0.1) is 6.92 Å². The number of benzene rings is 6.